The van der Waals surface area contributed by atoms with Crippen molar-refractivity contribution in [1.82, 2.24) is 9.55 Å². The highest BCUT2D eigenvalue weighted by Crippen LogP contribution is 2.32. The molecule has 2 N–H and O–H groups in total. The molecule has 21 heavy (non-hydrogen) atoms. The van der Waals surface area contributed by atoms with Crippen LogP contribution in [0.4, 0.5) is 5.95 Å². The number of nitrogen functional groups attached to an aromatic ring is 1. The van der Waals surface area contributed by atoms with Gasteiger partial charge in [0.1, 0.15) is 5.75 Å². The molecule has 0 fully saturated rings. The smallest absolute Gasteiger partial charge is 0.205 e. The molecule has 0 spiro atoms. The zero-order chi connectivity index (χ0) is 15.1. The van der Waals surface area contributed by atoms with Crippen molar-refractivity contribution in [2.75, 3.05) is 12.8 Å². The first-order valence-electron chi connectivity index (χ1n) is 5.97. The lowest BCUT2D eigenvalue weighted by atomic mass is 10.2. The molecule has 108 valence electrons. The summed E-state index contributed by atoms with van der Waals surface area (Å²) in [5.41, 5.74) is 8.32. The van der Waals surface area contributed by atoms with E-state index in [-0.39, 0.29) is 0 Å². The van der Waals surface area contributed by atoms with Gasteiger partial charge in [-0.3, -0.25) is 4.57 Å². The molecule has 2 aromatic carbocycles. The van der Waals surface area contributed by atoms with Gasteiger partial charge in [-0.15, -0.1) is 0 Å². The fourth-order valence-corrected chi connectivity index (χ4v) is 2.93. The molecule has 3 aromatic rings. The molecule has 1 aromatic heterocycles. The van der Waals surface area contributed by atoms with Crippen LogP contribution in [0, 0.1) is 0 Å². The Hall–Kier alpha value is -1.43. The monoisotopic (exact) mass is 385 g/mol. The van der Waals surface area contributed by atoms with E-state index in [9.17, 15) is 0 Å². The fourth-order valence-electron chi connectivity index (χ4n) is 2.16. The minimum Gasteiger partial charge on any atom is -0.497 e. The van der Waals surface area contributed by atoms with Crippen LogP contribution in [0.3, 0.4) is 0 Å². The van der Waals surface area contributed by atoms with E-state index in [2.05, 4.69) is 20.9 Å². The van der Waals surface area contributed by atoms with Gasteiger partial charge in [0.2, 0.25) is 5.95 Å². The molecule has 0 aliphatic carbocycles. The van der Waals surface area contributed by atoms with Gasteiger partial charge in [0, 0.05) is 10.5 Å². The summed E-state index contributed by atoms with van der Waals surface area (Å²) < 4.78 is 7.95. The molecular weight excluding hydrogens is 377 g/mol. The summed E-state index contributed by atoms with van der Waals surface area (Å²) in [6.07, 6.45) is 0. The van der Waals surface area contributed by atoms with E-state index in [1.54, 1.807) is 23.8 Å². The Balaban J connectivity index is 2.31. The van der Waals surface area contributed by atoms with Gasteiger partial charge in [-0.05, 0) is 24.3 Å². The highest BCUT2D eigenvalue weighted by atomic mass is 79.9. The van der Waals surface area contributed by atoms with E-state index in [1.807, 2.05) is 18.2 Å². The maximum absolute atomic E-state index is 6.10. The van der Waals surface area contributed by atoms with Gasteiger partial charge < -0.3 is 10.5 Å². The largest absolute Gasteiger partial charge is 0.497 e. The number of ether oxygens (including phenoxy) is 1. The summed E-state index contributed by atoms with van der Waals surface area (Å²) in [6, 6.07) is 9.09. The topological polar surface area (TPSA) is 53.1 Å². The number of fused-ring (bicyclic) bond motifs is 1. The van der Waals surface area contributed by atoms with Crippen molar-refractivity contribution in [3.63, 3.8) is 0 Å². The maximum atomic E-state index is 6.10. The Morgan fingerprint density at radius 1 is 1.14 bits per heavy atom. The van der Waals surface area contributed by atoms with Crippen LogP contribution >= 0.6 is 39.1 Å². The average molecular weight is 387 g/mol. The average Bonchev–Trinajstić information content (AvgIpc) is 2.74. The lowest BCUT2D eigenvalue weighted by Crippen LogP contribution is -2.01. The molecule has 0 aliphatic rings. The summed E-state index contributed by atoms with van der Waals surface area (Å²) in [7, 11) is 1.61. The van der Waals surface area contributed by atoms with Crippen molar-refractivity contribution in [1.29, 1.82) is 0 Å². The van der Waals surface area contributed by atoms with E-state index in [0.29, 0.717) is 27.3 Å². The van der Waals surface area contributed by atoms with Crippen molar-refractivity contribution in [2.45, 2.75) is 0 Å². The third-order valence-electron chi connectivity index (χ3n) is 3.07. The van der Waals surface area contributed by atoms with Gasteiger partial charge in [-0.1, -0.05) is 39.1 Å². The van der Waals surface area contributed by atoms with Crippen molar-refractivity contribution in [3.8, 4) is 11.4 Å². The highest BCUT2D eigenvalue weighted by molar-refractivity contribution is 9.10. The molecule has 1 heterocycles. The van der Waals surface area contributed by atoms with E-state index in [0.717, 1.165) is 15.7 Å². The van der Waals surface area contributed by atoms with Gasteiger partial charge in [0.25, 0.3) is 0 Å². The Kier molecular flexibility index (Phi) is 3.73. The summed E-state index contributed by atoms with van der Waals surface area (Å²) in [4.78, 5) is 4.32. The van der Waals surface area contributed by atoms with E-state index in [4.69, 9.17) is 33.7 Å². The number of benzene rings is 2. The third-order valence-corrected chi connectivity index (χ3v) is 4.25. The highest BCUT2D eigenvalue weighted by Gasteiger charge is 2.13. The number of nitrogens with zero attached hydrogens (tertiary/aromatic N) is 2. The minimum atomic E-state index is 0.350. The van der Waals surface area contributed by atoms with Gasteiger partial charge in [0.15, 0.2) is 0 Å². The molecule has 3 rings (SSSR count). The van der Waals surface area contributed by atoms with Gasteiger partial charge in [-0.2, -0.15) is 0 Å². The predicted octanol–water partition coefficient (Wildman–Crippen LogP) is 4.69. The molecule has 0 aliphatic heterocycles. The first-order valence-corrected chi connectivity index (χ1v) is 7.52. The fraction of sp³-hybridized carbons (Fsp3) is 0.0714. The van der Waals surface area contributed by atoms with Crippen LogP contribution in [0.25, 0.3) is 16.7 Å². The SMILES string of the molecule is COc1cc(Br)cc(-n2c(N)nc3cc(Cl)c(Cl)cc32)c1. The number of anilines is 1. The summed E-state index contributed by atoms with van der Waals surface area (Å²) in [6.45, 7) is 0. The van der Waals surface area contributed by atoms with Crippen LogP contribution in [-0.2, 0) is 0 Å². The number of halogens is 3. The number of nitrogens with two attached hydrogens (primary N) is 1. The van der Waals surface area contributed by atoms with Crippen LogP contribution in [0.2, 0.25) is 10.0 Å². The molecule has 0 atom stereocenters. The number of imidazole rings is 1. The second kappa shape index (κ2) is 5.40. The molecule has 0 bridgehead atoms. The summed E-state index contributed by atoms with van der Waals surface area (Å²) in [5.74, 6) is 1.06. The Labute approximate surface area is 139 Å². The number of hydrogen-bond donors (Lipinski definition) is 1. The van der Waals surface area contributed by atoms with Gasteiger partial charge in [0.05, 0.1) is 33.9 Å². The second-order valence-electron chi connectivity index (χ2n) is 4.41. The van der Waals surface area contributed by atoms with Gasteiger partial charge >= 0.3 is 0 Å². The van der Waals surface area contributed by atoms with Crippen LogP contribution in [0.5, 0.6) is 5.75 Å². The molecule has 0 saturated carbocycles. The molecule has 0 radical (unpaired) electrons. The normalized spacial score (nSPS) is 11.0. The zero-order valence-electron chi connectivity index (χ0n) is 10.9. The van der Waals surface area contributed by atoms with Crippen molar-refractivity contribution >= 4 is 56.1 Å². The van der Waals surface area contributed by atoms with Crippen LogP contribution in [0.15, 0.2) is 34.8 Å². The van der Waals surface area contributed by atoms with Crippen LogP contribution in [-0.4, -0.2) is 16.7 Å². The first-order chi connectivity index (χ1) is 9.99. The van der Waals surface area contributed by atoms with Crippen LogP contribution < -0.4 is 10.5 Å². The second-order valence-corrected chi connectivity index (χ2v) is 6.14. The maximum Gasteiger partial charge on any atom is 0.205 e. The number of rotatable bonds is 2. The first kappa shape index (κ1) is 14.5. The summed E-state index contributed by atoms with van der Waals surface area (Å²) >= 11 is 15.6. The molecule has 4 nitrogen and oxygen atoms in total. The van der Waals surface area contributed by atoms with E-state index < -0.39 is 0 Å². The standard InChI is InChI=1S/C14H10BrCl2N3O/c1-21-9-3-7(15)2-8(4-9)20-13-6-11(17)10(16)5-12(13)19-14(20)18/h2-6H,1H3,(H2,18,19). The quantitative estimate of drug-likeness (QED) is 0.695. The minimum absolute atomic E-state index is 0.350. The number of methoxy groups -OCH3 is 1. The summed E-state index contributed by atoms with van der Waals surface area (Å²) in [5, 5.41) is 0.896. The zero-order valence-corrected chi connectivity index (χ0v) is 14.0. The number of aromatic nitrogens is 2. The van der Waals surface area contributed by atoms with Crippen molar-refractivity contribution in [3.05, 3.63) is 44.8 Å². The van der Waals surface area contributed by atoms with Gasteiger partial charge in [-0.25, -0.2) is 4.98 Å². The molecule has 7 heteroatoms. The van der Waals surface area contributed by atoms with Crippen molar-refractivity contribution in [2.24, 2.45) is 0 Å². The van der Waals surface area contributed by atoms with Crippen molar-refractivity contribution < 1.29 is 4.74 Å². The molecule has 0 amide bonds. The van der Waals surface area contributed by atoms with Crippen LogP contribution in [0.1, 0.15) is 0 Å². The Morgan fingerprint density at radius 3 is 2.57 bits per heavy atom. The predicted molar refractivity (Wildman–Crippen MR) is 89.8 cm³/mol. The molecular formula is C14H10BrCl2N3O. The van der Waals surface area contributed by atoms with E-state index >= 15 is 0 Å². The number of hydrogen-bond acceptors (Lipinski definition) is 3. The third kappa shape index (κ3) is 2.57. The Morgan fingerprint density at radius 2 is 1.86 bits per heavy atom. The van der Waals surface area contributed by atoms with E-state index in [1.165, 1.54) is 0 Å². The lowest BCUT2D eigenvalue weighted by molar-refractivity contribution is 0.414. The molecule has 0 unspecified atom stereocenters. The molecule has 0 saturated heterocycles. The lowest BCUT2D eigenvalue weighted by Gasteiger charge is -2.10. The Bertz CT molecular complexity index is 848.